The van der Waals surface area contributed by atoms with E-state index in [1.165, 1.54) is 5.52 Å². The molecular formula is C15H21ClN2O2. The molecule has 4 nitrogen and oxygen atoms in total. The molecule has 110 valence electrons. The molecule has 0 unspecified atom stereocenters. The van der Waals surface area contributed by atoms with Gasteiger partial charge >= 0.3 is 0 Å². The number of benzene rings is 1. The van der Waals surface area contributed by atoms with Gasteiger partial charge in [-0.15, -0.1) is 11.6 Å². The molecular weight excluding hydrogens is 276 g/mol. The van der Waals surface area contributed by atoms with Crippen LogP contribution in [0.5, 0.6) is 0 Å². The van der Waals surface area contributed by atoms with E-state index in [2.05, 4.69) is 15.6 Å². The number of para-hydroxylation sites is 2. The fourth-order valence-electron chi connectivity index (χ4n) is 2.22. The minimum atomic E-state index is 0.591. The van der Waals surface area contributed by atoms with Crippen molar-refractivity contribution in [1.82, 2.24) is 9.55 Å². The first kappa shape index (κ1) is 15.3. The van der Waals surface area contributed by atoms with E-state index < -0.39 is 0 Å². The van der Waals surface area contributed by atoms with E-state index >= 15 is 0 Å². The molecule has 0 spiro atoms. The average molecular weight is 297 g/mol. The lowest BCUT2D eigenvalue weighted by Crippen LogP contribution is -2.09. The molecule has 0 atom stereocenters. The fourth-order valence-corrected chi connectivity index (χ4v) is 2.39. The van der Waals surface area contributed by atoms with Gasteiger partial charge in [-0.2, -0.15) is 0 Å². The number of aryl methyl sites for hydroxylation is 2. The predicted octanol–water partition coefficient (Wildman–Crippen LogP) is 2.87. The topological polar surface area (TPSA) is 36.3 Å². The Kier molecular flexibility index (Phi) is 6.30. The van der Waals surface area contributed by atoms with Crippen LogP contribution >= 0.6 is 11.6 Å². The van der Waals surface area contributed by atoms with Crippen LogP contribution in [0.2, 0.25) is 0 Å². The summed E-state index contributed by atoms with van der Waals surface area (Å²) in [6.07, 6.45) is 1.75. The first-order chi connectivity index (χ1) is 9.86. The van der Waals surface area contributed by atoms with Crippen LogP contribution in [0.15, 0.2) is 24.3 Å². The quantitative estimate of drug-likeness (QED) is 0.527. The van der Waals surface area contributed by atoms with Gasteiger partial charge in [0.25, 0.3) is 0 Å². The molecule has 0 aliphatic rings. The van der Waals surface area contributed by atoms with Crippen molar-refractivity contribution in [2.45, 2.75) is 19.4 Å². The molecule has 20 heavy (non-hydrogen) atoms. The Bertz CT molecular complexity index is 528. The monoisotopic (exact) mass is 296 g/mol. The van der Waals surface area contributed by atoms with Crippen LogP contribution in [0.25, 0.3) is 11.0 Å². The maximum Gasteiger partial charge on any atom is 0.111 e. The molecule has 2 rings (SSSR count). The van der Waals surface area contributed by atoms with Gasteiger partial charge in [0.2, 0.25) is 0 Å². The third kappa shape index (κ3) is 3.95. The van der Waals surface area contributed by atoms with E-state index in [-0.39, 0.29) is 0 Å². The largest absolute Gasteiger partial charge is 0.382 e. The van der Waals surface area contributed by atoms with Crippen LogP contribution < -0.4 is 0 Å². The predicted molar refractivity (Wildman–Crippen MR) is 81.5 cm³/mol. The highest BCUT2D eigenvalue weighted by atomic mass is 35.5. The van der Waals surface area contributed by atoms with Crippen LogP contribution in [0.3, 0.4) is 0 Å². The molecule has 5 heteroatoms. The number of hydrogen-bond acceptors (Lipinski definition) is 3. The second-order valence-corrected chi connectivity index (χ2v) is 4.94. The van der Waals surface area contributed by atoms with Gasteiger partial charge in [0, 0.05) is 32.6 Å². The maximum atomic E-state index is 5.86. The Hall–Kier alpha value is -1.10. The van der Waals surface area contributed by atoms with Gasteiger partial charge < -0.3 is 14.0 Å². The van der Waals surface area contributed by atoms with Crippen molar-refractivity contribution >= 4 is 22.6 Å². The van der Waals surface area contributed by atoms with Gasteiger partial charge in [-0.05, 0) is 18.6 Å². The lowest BCUT2D eigenvalue weighted by molar-refractivity contribution is 0.0680. The smallest absolute Gasteiger partial charge is 0.111 e. The number of fused-ring (bicyclic) bond motifs is 1. The lowest BCUT2D eigenvalue weighted by atomic mass is 10.3. The molecule has 0 N–H and O–H groups in total. The zero-order valence-electron chi connectivity index (χ0n) is 11.8. The molecule has 0 saturated heterocycles. The molecule has 0 radical (unpaired) electrons. The van der Waals surface area contributed by atoms with E-state index in [4.69, 9.17) is 21.1 Å². The van der Waals surface area contributed by atoms with E-state index in [0.29, 0.717) is 19.1 Å². The van der Waals surface area contributed by atoms with Gasteiger partial charge in [-0.25, -0.2) is 4.98 Å². The minimum absolute atomic E-state index is 0.591. The van der Waals surface area contributed by atoms with Gasteiger partial charge in [-0.1, -0.05) is 12.1 Å². The number of halogens is 1. The first-order valence-electron chi connectivity index (χ1n) is 6.93. The van der Waals surface area contributed by atoms with Gasteiger partial charge in [0.05, 0.1) is 24.2 Å². The van der Waals surface area contributed by atoms with Crippen molar-refractivity contribution in [2.75, 3.05) is 32.8 Å². The Labute approximate surface area is 124 Å². The van der Waals surface area contributed by atoms with Crippen LogP contribution in [0.4, 0.5) is 0 Å². The number of hydrogen-bond donors (Lipinski definition) is 0. The minimum Gasteiger partial charge on any atom is -0.382 e. The summed E-state index contributed by atoms with van der Waals surface area (Å²) in [5.41, 5.74) is 2.21. The highest BCUT2D eigenvalue weighted by Crippen LogP contribution is 2.17. The van der Waals surface area contributed by atoms with Gasteiger partial charge in [0.15, 0.2) is 0 Å². The molecule has 1 heterocycles. The summed E-state index contributed by atoms with van der Waals surface area (Å²) >= 11 is 5.86. The number of rotatable bonds is 9. The highest BCUT2D eigenvalue weighted by molar-refractivity contribution is 6.17. The summed E-state index contributed by atoms with van der Waals surface area (Å²) in [6, 6.07) is 8.20. The Morgan fingerprint density at radius 1 is 1.20 bits per heavy atom. The molecule has 0 aliphatic heterocycles. The lowest BCUT2D eigenvalue weighted by Gasteiger charge is -2.09. The van der Waals surface area contributed by atoms with Crippen LogP contribution in [-0.4, -0.2) is 42.4 Å². The first-order valence-corrected chi connectivity index (χ1v) is 7.47. The second-order valence-electron chi connectivity index (χ2n) is 4.57. The zero-order chi connectivity index (χ0) is 14.2. The molecule has 1 aromatic carbocycles. The van der Waals surface area contributed by atoms with E-state index in [1.807, 2.05) is 18.2 Å². The summed E-state index contributed by atoms with van der Waals surface area (Å²) in [6.45, 7) is 2.93. The van der Waals surface area contributed by atoms with Crippen LogP contribution in [0, 0.1) is 0 Å². The number of methoxy groups -OCH3 is 1. The third-order valence-electron chi connectivity index (χ3n) is 3.15. The second kappa shape index (κ2) is 8.25. The Morgan fingerprint density at radius 3 is 2.85 bits per heavy atom. The van der Waals surface area contributed by atoms with Crippen molar-refractivity contribution in [2.24, 2.45) is 0 Å². The van der Waals surface area contributed by atoms with E-state index in [1.54, 1.807) is 7.11 Å². The SMILES string of the molecule is COCCOCCCn1c(CCCl)nc2ccccc21. The normalized spacial score (nSPS) is 11.3. The van der Waals surface area contributed by atoms with Crippen molar-refractivity contribution in [3.63, 3.8) is 0 Å². The van der Waals surface area contributed by atoms with Gasteiger partial charge in [-0.3, -0.25) is 0 Å². The molecule has 0 fully saturated rings. The molecule has 0 saturated carbocycles. The summed E-state index contributed by atoms with van der Waals surface area (Å²) in [5, 5.41) is 0. The van der Waals surface area contributed by atoms with Crippen molar-refractivity contribution in [3.05, 3.63) is 30.1 Å². The molecule has 0 amide bonds. The Balaban J connectivity index is 1.98. The molecule has 0 bridgehead atoms. The third-order valence-corrected chi connectivity index (χ3v) is 3.34. The number of ether oxygens (including phenoxy) is 2. The summed E-state index contributed by atoms with van der Waals surface area (Å²) in [4.78, 5) is 4.65. The summed E-state index contributed by atoms with van der Waals surface area (Å²) in [7, 11) is 1.68. The highest BCUT2D eigenvalue weighted by Gasteiger charge is 2.09. The van der Waals surface area contributed by atoms with Crippen LogP contribution in [-0.2, 0) is 22.4 Å². The van der Waals surface area contributed by atoms with Crippen LogP contribution in [0.1, 0.15) is 12.2 Å². The fraction of sp³-hybridized carbons (Fsp3) is 0.533. The zero-order valence-corrected chi connectivity index (χ0v) is 12.6. The molecule has 0 aliphatic carbocycles. The molecule has 1 aromatic heterocycles. The van der Waals surface area contributed by atoms with Crippen molar-refractivity contribution in [1.29, 1.82) is 0 Å². The van der Waals surface area contributed by atoms with Crippen molar-refractivity contribution < 1.29 is 9.47 Å². The number of imidazole rings is 1. The number of aromatic nitrogens is 2. The summed E-state index contributed by atoms with van der Waals surface area (Å²) < 4.78 is 12.7. The van der Waals surface area contributed by atoms with Crippen molar-refractivity contribution in [3.8, 4) is 0 Å². The van der Waals surface area contributed by atoms with E-state index in [9.17, 15) is 0 Å². The number of alkyl halides is 1. The molecule has 2 aromatic rings. The average Bonchev–Trinajstić information content (AvgIpc) is 2.81. The Morgan fingerprint density at radius 2 is 2.05 bits per heavy atom. The standard InChI is InChI=1S/C15H21ClN2O2/c1-19-11-12-20-10-4-9-18-14-6-3-2-5-13(14)17-15(18)7-8-16/h2-3,5-6H,4,7-12H2,1H3. The maximum absolute atomic E-state index is 5.86. The van der Waals surface area contributed by atoms with Gasteiger partial charge in [0.1, 0.15) is 5.82 Å². The number of nitrogens with zero attached hydrogens (tertiary/aromatic N) is 2. The summed E-state index contributed by atoms with van der Waals surface area (Å²) in [5.74, 6) is 1.64. The van der Waals surface area contributed by atoms with E-state index in [0.717, 1.165) is 37.3 Å².